The van der Waals surface area contributed by atoms with E-state index in [1.54, 1.807) is 41.3 Å². The summed E-state index contributed by atoms with van der Waals surface area (Å²) in [7, 11) is 1.85. The molecular weight excluding hydrogens is 578 g/mol. The first-order chi connectivity index (χ1) is 20.4. The average Bonchev–Trinajstić information content (AvgIpc) is 3.72. The molecule has 4 aromatic rings. The van der Waals surface area contributed by atoms with Crippen LogP contribution in [0.1, 0.15) is 43.2 Å². The van der Waals surface area contributed by atoms with Gasteiger partial charge in [0.25, 0.3) is 0 Å². The van der Waals surface area contributed by atoms with E-state index in [0.717, 1.165) is 10.1 Å². The van der Waals surface area contributed by atoms with E-state index in [9.17, 15) is 26.3 Å². The average molecular weight is 611 g/mol. The molecule has 1 aromatic carbocycles. The molecule has 1 saturated heterocycles. The molecule has 1 aliphatic carbocycles. The summed E-state index contributed by atoms with van der Waals surface area (Å²) in [5, 5.41) is 15.0. The minimum absolute atomic E-state index is 0.0131. The molecule has 0 bridgehead atoms. The number of likely N-dealkylation sites (tertiary alicyclic amines) is 1. The van der Waals surface area contributed by atoms with Crippen LogP contribution in [-0.2, 0) is 19.6 Å². The lowest BCUT2D eigenvalue weighted by molar-refractivity contribution is -0.139. The van der Waals surface area contributed by atoms with Crippen LogP contribution in [0.15, 0.2) is 41.2 Å². The smallest absolute Gasteiger partial charge is 0.379 e. The predicted molar refractivity (Wildman–Crippen MR) is 146 cm³/mol. The molecule has 15 heteroatoms. The summed E-state index contributed by atoms with van der Waals surface area (Å²) in [5.41, 5.74) is 1.73. The number of benzene rings is 1. The van der Waals surface area contributed by atoms with E-state index < -0.39 is 30.9 Å². The summed E-state index contributed by atoms with van der Waals surface area (Å²) in [4.78, 5) is 6.23. The van der Waals surface area contributed by atoms with Crippen LogP contribution in [0, 0.1) is 0 Å². The van der Waals surface area contributed by atoms with Gasteiger partial charge in [-0.2, -0.15) is 23.3 Å². The minimum atomic E-state index is -4.52. The number of nitrogens with zero attached hydrogens (tertiary/aromatic N) is 6. The molecule has 0 spiro atoms. The maximum atomic E-state index is 14.7. The van der Waals surface area contributed by atoms with Crippen LogP contribution in [0.3, 0.4) is 0 Å². The third-order valence-electron chi connectivity index (χ3n) is 8.08. The number of fused-ring (bicyclic) bond motifs is 1. The van der Waals surface area contributed by atoms with Crippen LogP contribution in [0.2, 0.25) is 0 Å². The van der Waals surface area contributed by atoms with Gasteiger partial charge in [0.15, 0.2) is 0 Å². The molecule has 1 saturated carbocycles. The number of hydrogen-bond acceptors (Lipinski definition) is 7. The van der Waals surface area contributed by atoms with Crippen LogP contribution in [0.4, 0.5) is 32.0 Å². The second-order valence-electron chi connectivity index (χ2n) is 11.5. The molecule has 2 N–H and O–H groups in total. The van der Waals surface area contributed by atoms with Gasteiger partial charge in [0.05, 0.1) is 36.0 Å². The van der Waals surface area contributed by atoms with Crippen LogP contribution >= 0.6 is 0 Å². The van der Waals surface area contributed by atoms with Gasteiger partial charge in [-0.1, -0.05) is 11.2 Å². The highest BCUT2D eigenvalue weighted by atomic mass is 19.4. The third-order valence-corrected chi connectivity index (χ3v) is 8.08. The van der Waals surface area contributed by atoms with E-state index in [0.29, 0.717) is 42.5 Å². The van der Waals surface area contributed by atoms with Gasteiger partial charge in [-0.05, 0) is 38.1 Å². The van der Waals surface area contributed by atoms with Crippen molar-refractivity contribution in [2.45, 2.75) is 75.7 Å². The molecule has 0 radical (unpaired) electrons. The Morgan fingerprint density at radius 3 is 2.74 bits per heavy atom. The van der Waals surface area contributed by atoms with E-state index in [-0.39, 0.29) is 49.4 Å². The molecule has 6 rings (SSSR count). The highest BCUT2D eigenvalue weighted by Crippen LogP contribution is 2.41. The zero-order valence-electron chi connectivity index (χ0n) is 23.4. The number of hydrogen-bond donors (Lipinski definition) is 2. The summed E-state index contributed by atoms with van der Waals surface area (Å²) >= 11 is 0. The van der Waals surface area contributed by atoms with Gasteiger partial charge >= 0.3 is 6.18 Å². The van der Waals surface area contributed by atoms with E-state index in [2.05, 4.69) is 25.9 Å². The van der Waals surface area contributed by atoms with Gasteiger partial charge < -0.3 is 24.6 Å². The molecule has 43 heavy (non-hydrogen) atoms. The third kappa shape index (κ3) is 6.66. The van der Waals surface area contributed by atoms with Crippen molar-refractivity contribution in [3.63, 3.8) is 0 Å². The Balaban J connectivity index is 1.18. The van der Waals surface area contributed by atoms with Gasteiger partial charge in [0.1, 0.15) is 12.7 Å². The van der Waals surface area contributed by atoms with Crippen LogP contribution in [-0.4, -0.2) is 73.8 Å². The number of aromatic nitrogens is 5. The normalized spacial score (nSPS) is 22.9. The van der Waals surface area contributed by atoms with Crippen molar-refractivity contribution in [1.29, 1.82) is 0 Å². The topological polar surface area (TPSA) is 89.0 Å². The molecule has 2 fully saturated rings. The number of halogens is 6. The number of rotatable bonds is 9. The maximum Gasteiger partial charge on any atom is 0.406 e. The lowest BCUT2D eigenvalue weighted by Gasteiger charge is -2.33. The second kappa shape index (κ2) is 11.5. The Morgan fingerprint density at radius 1 is 1.16 bits per heavy atom. The van der Waals surface area contributed by atoms with Gasteiger partial charge in [0, 0.05) is 55.3 Å². The molecule has 4 heterocycles. The number of piperidine rings is 1. The monoisotopic (exact) mass is 610 g/mol. The molecule has 0 amide bonds. The highest BCUT2D eigenvalue weighted by Gasteiger charge is 2.40. The number of alkyl halides is 6. The Morgan fingerprint density at radius 2 is 2.00 bits per heavy atom. The maximum absolute atomic E-state index is 14.7. The van der Waals surface area contributed by atoms with Crippen molar-refractivity contribution < 1.29 is 30.9 Å². The summed E-state index contributed by atoms with van der Waals surface area (Å²) in [6.45, 7) is 0.177. The lowest BCUT2D eigenvalue weighted by atomic mass is 10.0. The first-order valence-corrected chi connectivity index (χ1v) is 14.2. The van der Waals surface area contributed by atoms with E-state index in [1.807, 2.05) is 11.9 Å². The zero-order chi connectivity index (χ0) is 30.4. The summed E-state index contributed by atoms with van der Waals surface area (Å²) in [5.74, 6) is -2.52. The molecule has 2 aliphatic rings. The quantitative estimate of drug-likeness (QED) is 0.240. The number of anilines is 1. The van der Waals surface area contributed by atoms with Gasteiger partial charge in [0.2, 0.25) is 17.6 Å². The van der Waals surface area contributed by atoms with Gasteiger partial charge in [-0.15, -0.1) is 0 Å². The van der Waals surface area contributed by atoms with E-state index >= 15 is 0 Å². The molecule has 3 aromatic heterocycles. The molecule has 3 atom stereocenters. The molecular formula is C28H32F6N8O. The molecule has 1 aliphatic heterocycles. The Bertz CT molecular complexity index is 1560. The lowest BCUT2D eigenvalue weighted by Crippen LogP contribution is -2.46. The second-order valence-corrected chi connectivity index (χ2v) is 11.5. The Labute approximate surface area is 243 Å². The minimum Gasteiger partial charge on any atom is -0.379 e. The highest BCUT2D eigenvalue weighted by molar-refractivity contribution is 5.96. The fraction of sp³-hybridized carbons (Fsp3) is 0.536. The summed E-state index contributed by atoms with van der Waals surface area (Å²) in [6.07, 6.45) is -1.79. The standard InChI is InChI=1S/C28H32F6N8O/c1-40-8-6-22(20(29)15-40)37-21-3-2-4-23-19(21)9-24(41(23)16-28(32,33)34)26-38-25(43-39-26)13-35-11-17-12-36-42(14-17)18-5-7-27(30,31)10-18/h2-4,9,12,14,18,20,22,35,37H,5-8,10-11,13,15-16H2,1H3/t18?,20-,22+/m0/s1. The van der Waals surface area contributed by atoms with Gasteiger partial charge in [-0.3, -0.25) is 4.68 Å². The SMILES string of the molecule is CN1CC[C@@H](Nc2cccc3c2cc(-c2noc(CNCc4cnn(C5CCC(F)(F)C5)c4)n2)n3CC(F)(F)F)[C@@H](F)C1. The van der Waals surface area contributed by atoms with E-state index in [4.69, 9.17) is 4.52 Å². The molecule has 1 unspecified atom stereocenters. The van der Waals surface area contributed by atoms with Crippen LogP contribution < -0.4 is 10.6 Å². The largest absolute Gasteiger partial charge is 0.406 e. The Kier molecular flexibility index (Phi) is 7.87. The van der Waals surface area contributed by atoms with Crippen molar-refractivity contribution in [2.24, 2.45) is 0 Å². The first kappa shape index (κ1) is 29.5. The van der Waals surface area contributed by atoms with E-state index in [1.165, 1.54) is 0 Å². The molecule has 9 nitrogen and oxygen atoms in total. The molecule has 232 valence electrons. The summed E-state index contributed by atoms with van der Waals surface area (Å²) < 4.78 is 90.8. The van der Waals surface area contributed by atoms with Crippen molar-refractivity contribution in [3.8, 4) is 11.5 Å². The van der Waals surface area contributed by atoms with Gasteiger partial charge in [-0.25, -0.2) is 13.2 Å². The van der Waals surface area contributed by atoms with Crippen molar-refractivity contribution in [2.75, 3.05) is 25.5 Å². The summed E-state index contributed by atoms with van der Waals surface area (Å²) in [6, 6.07) is 5.69. The predicted octanol–water partition coefficient (Wildman–Crippen LogP) is 5.55. The van der Waals surface area contributed by atoms with Crippen molar-refractivity contribution in [1.82, 2.24) is 34.7 Å². The van der Waals surface area contributed by atoms with Crippen LogP contribution in [0.5, 0.6) is 0 Å². The van der Waals surface area contributed by atoms with Crippen molar-refractivity contribution >= 4 is 16.6 Å². The Hall–Kier alpha value is -3.59. The van der Waals surface area contributed by atoms with Crippen molar-refractivity contribution in [3.05, 3.63) is 48.1 Å². The fourth-order valence-electron chi connectivity index (χ4n) is 5.93. The van der Waals surface area contributed by atoms with Crippen LogP contribution in [0.25, 0.3) is 22.4 Å². The number of nitrogens with one attached hydrogen (secondary N) is 2. The first-order valence-electron chi connectivity index (χ1n) is 14.2. The zero-order valence-corrected chi connectivity index (χ0v) is 23.4. The fourth-order valence-corrected chi connectivity index (χ4v) is 5.93.